The Balaban J connectivity index is 2.06. The van der Waals surface area contributed by atoms with Gasteiger partial charge >= 0.3 is 0 Å². The molecule has 0 saturated carbocycles. The van der Waals surface area contributed by atoms with Crippen molar-refractivity contribution in [2.24, 2.45) is 0 Å². The summed E-state index contributed by atoms with van der Waals surface area (Å²) in [7, 11) is 0. The Morgan fingerprint density at radius 1 is 0.789 bits per heavy atom. The van der Waals surface area contributed by atoms with Gasteiger partial charge in [-0.05, 0) is 49.2 Å². The van der Waals surface area contributed by atoms with E-state index in [4.69, 9.17) is 0 Å². The van der Waals surface area contributed by atoms with Crippen LogP contribution in [-0.4, -0.2) is 0 Å². The van der Waals surface area contributed by atoms with Crippen molar-refractivity contribution < 1.29 is 8.78 Å². The summed E-state index contributed by atoms with van der Waals surface area (Å²) in [4.78, 5) is 0. The topological polar surface area (TPSA) is 12.0 Å². The molecule has 1 N–H and O–H groups in total. The summed E-state index contributed by atoms with van der Waals surface area (Å²) in [6, 6.07) is 13.0. The second-order valence-corrected chi connectivity index (χ2v) is 4.72. The molecule has 0 fully saturated rings. The van der Waals surface area contributed by atoms with Crippen LogP contribution in [0.2, 0.25) is 0 Å². The lowest BCUT2D eigenvalue weighted by Crippen LogP contribution is -2.22. The molecule has 0 heterocycles. The summed E-state index contributed by atoms with van der Waals surface area (Å²) in [6.07, 6.45) is 0. The molecule has 0 bridgehead atoms. The Morgan fingerprint density at radius 3 is 2.05 bits per heavy atom. The lowest BCUT2D eigenvalue weighted by molar-refractivity contribution is 0.491. The number of hydrogen-bond acceptors (Lipinski definition) is 1. The largest absolute Gasteiger partial charge is 0.304 e. The SMILES string of the molecule is CC(N[C@H](C)c1cccc(F)c1)c1ccc(F)cc1. The Hall–Kier alpha value is -1.74. The minimum atomic E-state index is -0.242. The van der Waals surface area contributed by atoms with Crippen molar-refractivity contribution in [2.75, 3.05) is 0 Å². The van der Waals surface area contributed by atoms with Crippen LogP contribution in [0.25, 0.3) is 0 Å². The average molecular weight is 261 g/mol. The van der Waals surface area contributed by atoms with Crippen molar-refractivity contribution >= 4 is 0 Å². The zero-order valence-corrected chi connectivity index (χ0v) is 11.0. The van der Waals surface area contributed by atoms with Gasteiger partial charge in [-0.25, -0.2) is 8.78 Å². The second kappa shape index (κ2) is 5.93. The van der Waals surface area contributed by atoms with Crippen LogP contribution in [0.3, 0.4) is 0 Å². The van der Waals surface area contributed by atoms with E-state index in [1.165, 1.54) is 24.3 Å². The first kappa shape index (κ1) is 13.7. The van der Waals surface area contributed by atoms with Gasteiger partial charge in [0.15, 0.2) is 0 Å². The zero-order chi connectivity index (χ0) is 13.8. The summed E-state index contributed by atoms with van der Waals surface area (Å²) in [5.41, 5.74) is 1.90. The number of nitrogens with one attached hydrogen (secondary N) is 1. The molecular formula is C16H17F2N. The first-order valence-electron chi connectivity index (χ1n) is 6.33. The highest BCUT2D eigenvalue weighted by atomic mass is 19.1. The maximum Gasteiger partial charge on any atom is 0.123 e. The molecule has 100 valence electrons. The second-order valence-electron chi connectivity index (χ2n) is 4.72. The molecule has 1 unspecified atom stereocenters. The quantitative estimate of drug-likeness (QED) is 0.861. The van der Waals surface area contributed by atoms with Gasteiger partial charge in [-0.2, -0.15) is 0 Å². The van der Waals surface area contributed by atoms with Crippen molar-refractivity contribution in [3.05, 3.63) is 71.3 Å². The highest BCUT2D eigenvalue weighted by Crippen LogP contribution is 2.20. The highest BCUT2D eigenvalue weighted by Gasteiger charge is 2.11. The lowest BCUT2D eigenvalue weighted by Gasteiger charge is -2.20. The van der Waals surface area contributed by atoms with Gasteiger partial charge in [0.2, 0.25) is 0 Å². The van der Waals surface area contributed by atoms with E-state index in [1.54, 1.807) is 18.2 Å². The van der Waals surface area contributed by atoms with Crippen LogP contribution in [0.1, 0.15) is 37.1 Å². The zero-order valence-electron chi connectivity index (χ0n) is 11.0. The molecule has 19 heavy (non-hydrogen) atoms. The van der Waals surface area contributed by atoms with Crippen LogP contribution in [0.4, 0.5) is 8.78 Å². The van der Waals surface area contributed by atoms with Gasteiger partial charge in [-0.3, -0.25) is 0 Å². The monoisotopic (exact) mass is 261 g/mol. The molecule has 0 aliphatic heterocycles. The Morgan fingerprint density at radius 2 is 1.42 bits per heavy atom. The van der Waals surface area contributed by atoms with E-state index in [0.717, 1.165) is 11.1 Å². The maximum absolute atomic E-state index is 13.2. The van der Waals surface area contributed by atoms with Crippen LogP contribution in [0.5, 0.6) is 0 Å². The van der Waals surface area contributed by atoms with Crippen LogP contribution in [0, 0.1) is 11.6 Å². The maximum atomic E-state index is 13.2. The molecule has 3 heteroatoms. The van der Waals surface area contributed by atoms with E-state index in [0.29, 0.717) is 0 Å². The van der Waals surface area contributed by atoms with E-state index in [9.17, 15) is 8.78 Å². The van der Waals surface area contributed by atoms with Crippen LogP contribution in [-0.2, 0) is 0 Å². The number of rotatable bonds is 4. The normalized spacial score (nSPS) is 14.1. The first-order chi connectivity index (χ1) is 9.06. The number of hydrogen-bond donors (Lipinski definition) is 1. The van der Waals surface area contributed by atoms with Gasteiger partial charge in [-0.1, -0.05) is 24.3 Å². The molecule has 0 amide bonds. The fourth-order valence-electron chi connectivity index (χ4n) is 2.09. The minimum Gasteiger partial charge on any atom is -0.304 e. The smallest absolute Gasteiger partial charge is 0.123 e. The van der Waals surface area contributed by atoms with E-state index < -0.39 is 0 Å². The first-order valence-corrected chi connectivity index (χ1v) is 6.33. The molecule has 1 nitrogen and oxygen atoms in total. The van der Waals surface area contributed by atoms with Gasteiger partial charge in [0, 0.05) is 12.1 Å². The van der Waals surface area contributed by atoms with Gasteiger partial charge in [-0.15, -0.1) is 0 Å². The average Bonchev–Trinajstić information content (AvgIpc) is 2.39. The molecule has 0 aromatic heterocycles. The van der Waals surface area contributed by atoms with Gasteiger partial charge in [0.05, 0.1) is 0 Å². The lowest BCUT2D eigenvalue weighted by atomic mass is 10.0. The third-order valence-electron chi connectivity index (χ3n) is 3.22. The van der Waals surface area contributed by atoms with E-state index in [-0.39, 0.29) is 23.7 Å². The van der Waals surface area contributed by atoms with Gasteiger partial charge < -0.3 is 5.32 Å². The predicted octanol–water partition coefficient (Wildman–Crippen LogP) is 4.38. The third kappa shape index (κ3) is 3.61. The van der Waals surface area contributed by atoms with Crippen LogP contribution >= 0.6 is 0 Å². The van der Waals surface area contributed by atoms with Crippen molar-refractivity contribution in [3.63, 3.8) is 0 Å². The van der Waals surface area contributed by atoms with Crippen LogP contribution < -0.4 is 5.32 Å². The number of benzene rings is 2. The van der Waals surface area contributed by atoms with Gasteiger partial charge in [0.25, 0.3) is 0 Å². The third-order valence-corrected chi connectivity index (χ3v) is 3.22. The van der Waals surface area contributed by atoms with E-state index in [2.05, 4.69) is 5.32 Å². The molecular weight excluding hydrogens is 244 g/mol. The fourth-order valence-corrected chi connectivity index (χ4v) is 2.09. The van der Waals surface area contributed by atoms with Crippen molar-refractivity contribution in [2.45, 2.75) is 25.9 Å². The molecule has 0 spiro atoms. The molecule has 2 rings (SSSR count). The summed E-state index contributed by atoms with van der Waals surface area (Å²) in [6.45, 7) is 3.98. The molecule has 0 aliphatic rings. The number of halogens is 2. The molecule has 0 saturated heterocycles. The summed E-state index contributed by atoms with van der Waals surface area (Å²) < 4.78 is 26.0. The van der Waals surface area contributed by atoms with Crippen molar-refractivity contribution in [1.82, 2.24) is 5.32 Å². The Bertz CT molecular complexity index is 537. The van der Waals surface area contributed by atoms with Crippen molar-refractivity contribution in [1.29, 1.82) is 0 Å². The Labute approximate surface area is 112 Å². The molecule has 2 aromatic rings. The molecule has 0 aliphatic carbocycles. The minimum absolute atomic E-state index is 0.0238. The van der Waals surface area contributed by atoms with E-state index in [1.807, 2.05) is 19.9 Å². The van der Waals surface area contributed by atoms with E-state index >= 15 is 0 Å². The molecule has 2 aromatic carbocycles. The highest BCUT2D eigenvalue weighted by molar-refractivity contribution is 5.22. The summed E-state index contributed by atoms with van der Waals surface area (Å²) in [5.74, 6) is -0.477. The van der Waals surface area contributed by atoms with Crippen molar-refractivity contribution in [3.8, 4) is 0 Å². The standard InChI is InChI=1S/C16H17F2N/c1-11(13-6-8-15(17)9-7-13)19-12(2)14-4-3-5-16(18)10-14/h3-12,19H,1-2H3/t11?,12-/m1/s1. The fraction of sp³-hybridized carbons (Fsp3) is 0.250. The summed E-state index contributed by atoms with van der Waals surface area (Å²) in [5, 5.41) is 3.37. The van der Waals surface area contributed by atoms with Crippen LogP contribution in [0.15, 0.2) is 48.5 Å². The van der Waals surface area contributed by atoms with Gasteiger partial charge in [0.1, 0.15) is 11.6 Å². The predicted molar refractivity (Wildman–Crippen MR) is 72.8 cm³/mol. The Kier molecular flexibility index (Phi) is 4.27. The summed E-state index contributed by atoms with van der Waals surface area (Å²) >= 11 is 0. The molecule has 0 radical (unpaired) electrons. The molecule has 2 atom stereocenters.